The predicted octanol–water partition coefficient (Wildman–Crippen LogP) is 0.630. The first-order chi connectivity index (χ1) is 7.24. The van der Waals surface area contributed by atoms with Crippen molar-refractivity contribution in [2.75, 3.05) is 0 Å². The van der Waals surface area contributed by atoms with Gasteiger partial charge in [-0.05, 0) is 24.3 Å². The van der Waals surface area contributed by atoms with E-state index in [2.05, 4.69) is 0 Å². The van der Waals surface area contributed by atoms with Crippen LogP contribution in [0.4, 0.5) is 0 Å². The average molecular weight is 208 g/mol. The van der Waals surface area contributed by atoms with E-state index in [-0.39, 0.29) is 18.1 Å². The zero-order chi connectivity index (χ0) is 10.4. The van der Waals surface area contributed by atoms with Crippen molar-refractivity contribution in [2.24, 2.45) is 0 Å². The first-order valence-electron chi connectivity index (χ1n) is 4.55. The second-order valence-electron chi connectivity index (χ2n) is 3.43. The second kappa shape index (κ2) is 2.95. The quantitative estimate of drug-likeness (QED) is 0.570. The molecule has 0 spiro atoms. The third-order valence-corrected chi connectivity index (χ3v) is 2.35. The van der Waals surface area contributed by atoms with Gasteiger partial charge in [-0.15, -0.1) is 0 Å². The van der Waals surface area contributed by atoms with E-state index in [4.69, 9.17) is 19.3 Å². The predicted molar refractivity (Wildman–Crippen MR) is 47.1 cm³/mol. The van der Waals surface area contributed by atoms with Crippen LogP contribution in [0.25, 0.3) is 0 Å². The molecule has 1 N–H and O–H groups in total. The van der Waals surface area contributed by atoms with Gasteiger partial charge in [0.05, 0.1) is 5.56 Å². The van der Waals surface area contributed by atoms with Crippen molar-refractivity contribution in [2.45, 2.75) is 18.7 Å². The zero-order valence-corrected chi connectivity index (χ0v) is 7.62. The Labute approximate surface area is 85.2 Å². The van der Waals surface area contributed by atoms with Gasteiger partial charge >= 0.3 is 5.97 Å². The highest BCUT2D eigenvalue weighted by Crippen LogP contribution is 2.40. The molecule has 2 saturated heterocycles. The fourth-order valence-electron chi connectivity index (χ4n) is 1.40. The average Bonchev–Trinajstić information content (AvgIpc) is 2.87. The number of fused-ring (bicyclic) bond motifs is 1. The molecule has 3 rings (SSSR count). The third kappa shape index (κ3) is 1.45. The van der Waals surface area contributed by atoms with E-state index in [9.17, 15) is 4.79 Å². The minimum absolute atomic E-state index is 0.0777. The van der Waals surface area contributed by atoms with Gasteiger partial charge in [-0.2, -0.15) is 0 Å². The monoisotopic (exact) mass is 208 g/mol. The maximum Gasteiger partial charge on any atom is 0.340 e. The minimum atomic E-state index is -0.573. The lowest BCUT2D eigenvalue weighted by Gasteiger charge is -2.20. The molecule has 0 aromatic heterocycles. The van der Waals surface area contributed by atoms with Crippen LogP contribution >= 0.6 is 0 Å². The molecular weight excluding hydrogens is 200 g/mol. The van der Waals surface area contributed by atoms with Crippen molar-refractivity contribution in [1.82, 2.24) is 0 Å². The molecule has 1 aromatic rings. The van der Waals surface area contributed by atoms with E-state index < -0.39 is 12.3 Å². The molecule has 2 aliphatic heterocycles. The topological polar surface area (TPSA) is 68.3 Å². The van der Waals surface area contributed by atoms with E-state index in [1.165, 1.54) is 24.3 Å². The van der Waals surface area contributed by atoms with Crippen molar-refractivity contribution in [1.29, 1.82) is 0 Å². The van der Waals surface area contributed by atoms with Crippen molar-refractivity contribution in [3.05, 3.63) is 29.8 Å². The summed E-state index contributed by atoms with van der Waals surface area (Å²) in [5, 5.41) is 9.03. The Kier molecular flexibility index (Phi) is 1.71. The van der Waals surface area contributed by atoms with Crippen LogP contribution in [-0.4, -0.2) is 29.8 Å². The van der Waals surface area contributed by atoms with E-state index in [1.807, 2.05) is 0 Å². The number of benzene rings is 1. The zero-order valence-electron chi connectivity index (χ0n) is 7.62. The molecule has 0 amide bonds. The fraction of sp³-hybridized carbons (Fsp3) is 0.300. The number of carbonyl (C=O) groups excluding carboxylic acids is 1. The standard InChI is InChI=1S/C10H8O5/c11-6-3-1-5(2-4-6)8(12)14-10-7-9(13-7)15-10/h1-4,7,9-11H. The summed E-state index contributed by atoms with van der Waals surface area (Å²) in [6.45, 7) is 0. The number of phenols is 1. The summed E-state index contributed by atoms with van der Waals surface area (Å²) in [7, 11) is 0. The first-order valence-corrected chi connectivity index (χ1v) is 4.55. The molecule has 5 heteroatoms. The van der Waals surface area contributed by atoms with Gasteiger partial charge in [-0.3, -0.25) is 0 Å². The van der Waals surface area contributed by atoms with Crippen LogP contribution in [0.1, 0.15) is 10.4 Å². The van der Waals surface area contributed by atoms with Crippen molar-refractivity contribution < 1.29 is 24.1 Å². The lowest BCUT2D eigenvalue weighted by atomic mass is 10.2. The van der Waals surface area contributed by atoms with Gasteiger partial charge in [0.2, 0.25) is 6.29 Å². The van der Waals surface area contributed by atoms with Gasteiger partial charge in [0, 0.05) is 0 Å². The van der Waals surface area contributed by atoms with Crippen LogP contribution in [-0.2, 0) is 14.2 Å². The maximum absolute atomic E-state index is 11.5. The van der Waals surface area contributed by atoms with Crippen molar-refractivity contribution in [3.8, 4) is 5.75 Å². The Bertz CT molecular complexity index is 399. The third-order valence-electron chi connectivity index (χ3n) is 2.35. The number of phenolic OH excluding ortho intramolecular Hbond substituents is 1. The van der Waals surface area contributed by atoms with E-state index in [1.54, 1.807) is 0 Å². The van der Waals surface area contributed by atoms with Gasteiger partial charge < -0.3 is 19.3 Å². The number of hydrogen-bond donors (Lipinski definition) is 1. The molecule has 0 saturated carbocycles. The molecule has 1 aromatic carbocycles. The summed E-state index contributed by atoms with van der Waals surface area (Å²) < 4.78 is 15.0. The van der Waals surface area contributed by atoms with Crippen molar-refractivity contribution in [3.63, 3.8) is 0 Å². The van der Waals surface area contributed by atoms with Crippen LogP contribution in [0.15, 0.2) is 24.3 Å². The molecule has 78 valence electrons. The van der Waals surface area contributed by atoms with Gasteiger partial charge in [-0.1, -0.05) is 0 Å². The molecule has 0 bridgehead atoms. The van der Waals surface area contributed by atoms with Crippen LogP contribution in [0.2, 0.25) is 0 Å². The van der Waals surface area contributed by atoms with Gasteiger partial charge in [0.25, 0.3) is 0 Å². The first kappa shape index (κ1) is 8.70. The molecule has 3 unspecified atom stereocenters. The lowest BCUT2D eigenvalue weighted by Crippen LogP contribution is -2.37. The number of esters is 1. The molecule has 2 heterocycles. The van der Waals surface area contributed by atoms with Crippen molar-refractivity contribution >= 4 is 5.97 Å². The van der Waals surface area contributed by atoms with Gasteiger partial charge in [-0.25, -0.2) is 4.79 Å². The number of hydrogen-bond acceptors (Lipinski definition) is 5. The largest absolute Gasteiger partial charge is 0.508 e. The van der Waals surface area contributed by atoms with E-state index in [0.717, 1.165) is 0 Å². The summed E-state index contributed by atoms with van der Waals surface area (Å²) in [5.41, 5.74) is 0.375. The summed E-state index contributed by atoms with van der Waals surface area (Å²) >= 11 is 0. The number of rotatable bonds is 2. The molecule has 0 radical (unpaired) electrons. The molecular formula is C10H8O5. The van der Waals surface area contributed by atoms with Gasteiger partial charge in [0.1, 0.15) is 5.75 Å². The summed E-state index contributed by atoms with van der Waals surface area (Å²) in [6.07, 6.45) is -0.815. The number of carbonyl (C=O) groups is 1. The Morgan fingerprint density at radius 3 is 2.53 bits per heavy atom. The Morgan fingerprint density at radius 1 is 1.27 bits per heavy atom. The number of epoxide rings is 1. The highest BCUT2D eigenvalue weighted by molar-refractivity contribution is 5.89. The van der Waals surface area contributed by atoms with E-state index >= 15 is 0 Å². The van der Waals surface area contributed by atoms with Crippen LogP contribution < -0.4 is 0 Å². The maximum atomic E-state index is 11.5. The van der Waals surface area contributed by atoms with Crippen LogP contribution in [0.5, 0.6) is 5.75 Å². The smallest absolute Gasteiger partial charge is 0.340 e. The minimum Gasteiger partial charge on any atom is -0.508 e. The molecule has 15 heavy (non-hydrogen) atoms. The molecule has 3 atom stereocenters. The summed E-state index contributed by atoms with van der Waals surface area (Å²) in [5.74, 6) is -0.369. The molecule has 2 aliphatic rings. The Morgan fingerprint density at radius 2 is 2.00 bits per heavy atom. The highest BCUT2D eigenvalue weighted by Gasteiger charge is 2.61. The van der Waals surface area contributed by atoms with E-state index in [0.29, 0.717) is 5.56 Å². The molecule has 2 fully saturated rings. The van der Waals surface area contributed by atoms with Gasteiger partial charge in [0.15, 0.2) is 12.4 Å². The number of ether oxygens (including phenoxy) is 3. The second-order valence-corrected chi connectivity index (χ2v) is 3.43. The summed E-state index contributed by atoms with van der Waals surface area (Å²) in [4.78, 5) is 11.5. The normalized spacial score (nSPS) is 31.3. The van der Waals surface area contributed by atoms with Crippen LogP contribution in [0.3, 0.4) is 0 Å². The molecule has 5 nitrogen and oxygen atoms in total. The number of aromatic hydroxyl groups is 1. The fourth-order valence-corrected chi connectivity index (χ4v) is 1.40. The SMILES string of the molecule is O=C(OC1OC2OC12)c1ccc(O)cc1. The lowest BCUT2D eigenvalue weighted by molar-refractivity contribution is -0.172. The Hall–Kier alpha value is -1.59. The van der Waals surface area contributed by atoms with Crippen LogP contribution in [0, 0.1) is 0 Å². The Balaban J connectivity index is 1.65. The highest BCUT2D eigenvalue weighted by atomic mass is 16.9. The summed E-state index contributed by atoms with van der Waals surface area (Å²) in [6, 6.07) is 5.83. The molecule has 0 aliphatic carbocycles.